The number of nitrogens with one attached hydrogen (secondary N) is 3. The Hall–Kier alpha value is -5.30. The Bertz CT molecular complexity index is 1880. The molecule has 1 unspecified atom stereocenters. The van der Waals surface area contributed by atoms with Crippen LogP contribution in [0.3, 0.4) is 0 Å². The molecular formula is C30H29FN10O2. The lowest BCUT2D eigenvalue weighted by Crippen LogP contribution is -2.38. The molecule has 1 aromatic carbocycles. The van der Waals surface area contributed by atoms with E-state index in [1.807, 2.05) is 48.0 Å². The first-order valence-electron chi connectivity index (χ1n) is 13.7. The van der Waals surface area contributed by atoms with Crippen LogP contribution in [0.1, 0.15) is 29.3 Å². The molecule has 0 saturated heterocycles. The van der Waals surface area contributed by atoms with Gasteiger partial charge in [0.25, 0.3) is 5.56 Å². The number of tetrazole rings is 1. The van der Waals surface area contributed by atoms with Crippen molar-refractivity contribution in [2.24, 2.45) is 0 Å². The summed E-state index contributed by atoms with van der Waals surface area (Å²) in [5, 5.41) is 19.4. The number of nitrogens with zero attached hydrogens (tertiary/aromatic N) is 7. The van der Waals surface area contributed by atoms with Crippen LogP contribution >= 0.6 is 0 Å². The lowest BCUT2D eigenvalue weighted by molar-refractivity contribution is -0.117. The van der Waals surface area contributed by atoms with E-state index in [2.05, 4.69) is 41.2 Å². The van der Waals surface area contributed by atoms with Crippen molar-refractivity contribution in [1.82, 2.24) is 45.0 Å². The van der Waals surface area contributed by atoms with Gasteiger partial charge in [0.15, 0.2) is 11.6 Å². The first kappa shape index (κ1) is 27.8. The summed E-state index contributed by atoms with van der Waals surface area (Å²) < 4.78 is 17.6. The SMILES string of the molecule is CN[C@@H](C)C(=O)Nc1ncc(-c2ccc(-c3nnn[nH]3)cc2)n(Cc2cncc(-n3cc(C)c4c3C=CC(F)C4)c2)c1=O. The molecule has 0 radical (unpaired) electrons. The molecule has 0 fully saturated rings. The van der Waals surface area contributed by atoms with E-state index in [1.165, 1.54) is 0 Å². The van der Waals surface area contributed by atoms with Crippen molar-refractivity contribution in [2.75, 3.05) is 12.4 Å². The van der Waals surface area contributed by atoms with Gasteiger partial charge < -0.3 is 15.2 Å². The zero-order valence-corrected chi connectivity index (χ0v) is 23.7. The first-order chi connectivity index (χ1) is 20.8. The Kier molecular flexibility index (Phi) is 7.47. The van der Waals surface area contributed by atoms with Gasteiger partial charge in [0.1, 0.15) is 6.17 Å². The predicted octanol–water partition coefficient (Wildman–Crippen LogP) is 3.09. The third-order valence-corrected chi connectivity index (χ3v) is 7.55. The van der Waals surface area contributed by atoms with Crippen LogP contribution < -0.4 is 16.2 Å². The highest BCUT2D eigenvalue weighted by atomic mass is 19.1. The van der Waals surface area contributed by atoms with Crippen LogP contribution in [0, 0.1) is 6.92 Å². The summed E-state index contributed by atoms with van der Waals surface area (Å²) >= 11 is 0. The second-order valence-electron chi connectivity index (χ2n) is 10.4. The van der Waals surface area contributed by atoms with E-state index in [0.717, 1.165) is 39.2 Å². The molecule has 1 aliphatic rings. The number of benzene rings is 1. The number of aromatic amines is 1. The zero-order valence-electron chi connectivity index (χ0n) is 23.7. The van der Waals surface area contributed by atoms with Gasteiger partial charge in [-0.3, -0.25) is 19.1 Å². The number of hydrogen-bond donors (Lipinski definition) is 3. The summed E-state index contributed by atoms with van der Waals surface area (Å²) in [5.74, 6) is 0.0581. The number of rotatable bonds is 8. The molecule has 13 heteroatoms. The molecule has 0 bridgehead atoms. The molecule has 4 heterocycles. The molecule has 4 aromatic heterocycles. The number of anilines is 1. The van der Waals surface area contributed by atoms with Crippen LogP contribution in [0.25, 0.3) is 34.4 Å². The third kappa shape index (κ3) is 5.49. The Balaban J connectivity index is 1.40. The van der Waals surface area contributed by atoms with Crippen molar-refractivity contribution in [3.63, 3.8) is 0 Å². The minimum Gasteiger partial charge on any atom is -0.315 e. The summed E-state index contributed by atoms with van der Waals surface area (Å²) in [7, 11) is 1.66. The van der Waals surface area contributed by atoms with Gasteiger partial charge in [0.05, 0.1) is 36.4 Å². The van der Waals surface area contributed by atoms with Crippen LogP contribution in [0.2, 0.25) is 0 Å². The fourth-order valence-corrected chi connectivity index (χ4v) is 5.08. The maximum Gasteiger partial charge on any atom is 0.294 e. The van der Waals surface area contributed by atoms with E-state index in [1.54, 1.807) is 49.3 Å². The number of hydrogen-bond acceptors (Lipinski definition) is 8. The number of carbonyl (C=O) groups is 1. The van der Waals surface area contributed by atoms with Crippen molar-refractivity contribution < 1.29 is 9.18 Å². The topological polar surface area (TPSA) is 148 Å². The van der Waals surface area contributed by atoms with E-state index >= 15 is 0 Å². The average molecular weight is 581 g/mol. The third-order valence-electron chi connectivity index (χ3n) is 7.55. The highest BCUT2D eigenvalue weighted by Gasteiger charge is 2.21. The van der Waals surface area contributed by atoms with Gasteiger partial charge in [-0.25, -0.2) is 14.5 Å². The minimum atomic E-state index is -1.00. The van der Waals surface area contributed by atoms with Crippen molar-refractivity contribution in [2.45, 2.75) is 39.0 Å². The van der Waals surface area contributed by atoms with Crippen molar-refractivity contribution >= 4 is 17.8 Å². The number of alkyl halides is 1. The molecule has 0 spiro atoms. The summed E-state index contributed by atoms with van der Waals surface area (Å²) in [6.07, 6.45) is 9.65. The number of halogens is 1. The van der Waals surface area contributed by atoms with Gasteiger partial charge in [-0.15, -0.1) is 5.10 Å². The van der Waals surface area contributed by atoms with Crippen molar-refractivity contribution in [3.8, 4) is 28.3 Å². The van der Waals surface area contributed by atoms with Gasteiger partial charge in [0, 0.05) is 30.1 Å². The molecule has 6 rings (SSSR count). The van der Waals surface area contributed by atoms with E-state index < -0.39 is 17.8 Å². The number of fused-ring (bicyclic) bond motifs is 1. The summed E-state index contributed by atoms with van der Waals surface area (Å²) in [6, 6.07) is 8.80. The van der Waals surface area contributed by atoms with Gasteiger partial charge >= 0.3 is 0 Å². The van der Waals surface area contributed by atoms with Crippen LogP contribution in [0.15, 0.2) is 66.0 Å². The smallest absolute Gasteiger partial charge is 0.294 e. The second-order valence-corrected chi connectivity index (χ2v) is 10.4. The summed E-state index contributed by atoms with van der Waals surface area (Å²) in [4.78, 5) is 35.2. The van der Waals surface area contributed by atoms with Gasteiger partial charge in [-0.2, -0.15) is 0 Å². The molecule has 0 saturated carbocycles. The van der Waals surface area contributed by atoms with Crippen molar-refractivity contribution in [1.29, 1.82) is 0 Å². The predicted molar refractivity (Wildman–Crippen MR) is 159 cm³/mol. The van der Waals surface area contributed by atoms with Gasteiger partial charge in [-0.05, 0) is 71.8 Å². The van der Waals surface area contributed by atoms with E-state index in [4.69, 9.17) is 0 Å². The van der Waals surface area contributed by atoms with E-state index in [-0.39, 0.29) is 18.3 Å². The highest BCUT2D eigenvalue weighted by molar-refractivity contribution is 5.93. The molecule has 43 heavy (non-hydrogen) atoms. The first-order valence-corrected chi connectivity index (χ1v) is 13.7. The molecule has 12 nitrogen and oxygen atoms in total. The van der Waals surface area contributed by atoms with Gasteiger partial charge in [-0.1, -0.05) is 24.3 Å². The highest BCUT2D eigenvalue weighted by Crippen LogP contribution is 2.29. The lowest BCUT2D eigenvalue weighted by Gasteiger charge is -2.17. The molecule has 1 amide bonds. The number of likely N-dealkylation sites (N-methyl/N-ethyl adjacent to an activating group) is 1. The van der Waals surface area contributed by atoms with Crippen LogP contribution in [-0.2, 0) is 17.8 Å². The second kappa shape index (κ2) is 11.5. The van der Waals surface area contributed by atoms with Crippen molar-refractivity contribution in [3.05, 3.63) is 93.9 Å². The maximum atomic E-state index is 14.1. The van der Waals surface area contributed by atoms with Crippen LogP contribution in [0.5, 0.6) is 0 Å². The summed E-state index contributed by atoms with van der Waals surface area (Å²) in [6.45, 7) is 3.81. The largest absolute Gasteiger partial charge is 0.315 e. The number of amides is 1. The quantitative estimate of drug-likeness (QED) is 0.254. The number of H-pyrrole nitrogens is 1. The Morgan fingerprint density at radius 2 is 1.98 bits per heavy atom. The number of allylic oxidation sites excluding steroid dienone is 1. The van der Waals surface area contributed by atoms with Crippen LogP contribution in [-0.4, -0.2) is 64.9 Å². The molecular weight excluding hydrogens is 551 g/mol. The number of aromatic nitrogens is 8. The fraction of sp³-hybridized carbons (Fsp3) is 0.233. The molecule has 0 aliphatic heterocycles. The van der Waals surface area contributed by atoms with Crippen LogP contribution in [0.4, 0.5) is 10.2 Å². The molecule has 1 aliphatic carbocycles. The van der Waals surface area contributed by atoms with E-state index in [0.29, 0.717) is 17.9 Å². The molecule has 218 valence electrons. The Labute approximate surface area is 245 Å². The molecule has 5 aromatic rings. The standard InChI is InChI=1S/C30H29FN10O2/c1-17-15-40(25-9-8-22(31)11-24(17)25)23-10-19(12-33-13-23)16-41-26(14-34-28(30(41)43)35-29(42)18(2)32-3)20-4-6-21(7-5-20)27-36-38-39-37-27/h4-10,12-15,18,22,32H,11,16H2,1-3H3,(H,34,35,42)(H,36,37,38,39)/t18-,22?/m0/s1. The van der Waals surface area contributed by atoms with Gasteiger partial charge in [0.2, 0.25) is 5.91 Å². The van der Waals surface area contributed by atoms with E-state index in [9.17, 15) is 14.0 Å². The minimum absolute atomic E-state index is 0.0784. The number of pyridine rings is 1. The average Bonchev–Trinajstić information content (AvgIpc) is 3.67. The Morgan fingerprint density at radius 3 is 2.72 bits per heavy atom. The monoisotopic (exact) mass is 580 g/mol. The Morgan fingerprint density at radius 1 is 1.19 bits per heavy atom. The number of aryl methyl sites for hydroxylation is 1. The normalized spacial score (nSPS) is 14.8. The molecule has 3 N–H and O–H groups in total. The number of carbonyl (C=O) groups excluding carboxylic acids is 1. The zero-order chi connectivity index (χ0) is 30.1. The lowest BCUT2D eigenvalue weighted by atomic mass is 10.00. The summed E-state index contributed by atoms with van der Waals surface area (Å²) in [5.41, 5.74) is 6.00. The maximum absolute atomic E-state index is 14.1. The fourth-order valence-electron chi connectivity index (χ4n) is 5.08. The molecule has 2 atom stereocenters.